The van der Waals surface area contributed by atoms with Crippen LogP contribution in [0.4, 0.5) is 22.7 Å². The Kier molecular flexibility index (Phi) is 6.43. The van der Waals surface area contributed by atoms with Crippen molar-refractivity contribution >= 4 is 71.8 Å². The van der Waals surface area contributed by atoms with E-state index in [9.17, 15) is 0 Å². The average Bonchev–Trinajstić information content (AvgIpc) is 3.52. The van der Waals surface area contributed by atoms with Gasteiger partial charge >= 0.3 is 0 Å². The minimum atomic E-state index is 0.861. The third-order valence-electron chi connectivity index (χ3n) is 9.07. The number of hydrogen-bond donors (Lipinski definition) is 1. The molecule has 1 aromatic heterocycles. The van der Waals surface area contributed by atoms with Crippen molar-refractivity contribution in [1.82, 2.24) is 0 Å². The van der Waals surface area contributed by atoms with Gasteiger partial charge < -0.3 is 10.2 Å². The van der Waals surface area contributed by atoms with E-state index in [2.05, 4.69) is 174 Å². The molecule has 1 aliphatic rings. The molecule has 0 spiro atoms. The lowest BCUT2D eigenvalue weighted by Crippen LogP contribution is -2.10. The first-order chi connectivity index (χ1) is 22.8. The molecule has 1 aliphatic heterocycles. The normalized spacial score (nSPS) is 12.3. The van der Waals surface area contributed by atoms with Crippen molar-refractivity contribution in [2.75, 3.05) is 16.8 Å². The second-order valence-electron chi connectivity index (χ2n) is 11.8. The van der Waals surface area contributed by atoms with E-state index < -0.39 is 0 Å². The summed E-state index contributed by atoms with van der Waals surface area (Å²) in [5, 5.41) is 10.00. The van der Waals surface area contributed by atoms with Crippen LogP contribution in [0.2, 0.25) is 0 Å². The number of fused-ring (bicyclic) bond motifs is 6. The fourth-order valence-corrected chi connectivity index (χ4v) is 7.98. The van der Waals surface area contributed by atoms with E-state index in [1.807, 2.05) is 11.3 Å². The van der Waals surface area contributed by atoms with Crippen LogP contribution < -0.4 is 10.2 Å². The zero-order chi connectivity index (χ0) is 30.5. The van der Waals surface area contributed by atoms with Crippen LogP contribution in [0.3, 0.4) is 0 Å². The van der Waals surface area contributed by atoms with Gasteiger partial charge in [0.25, 0.3) is 0 Å². The predicted molar refractivity (Wildman–Crippen MR) is 200 cm³/mol. The van der Waals surface area contributed by atoms with Gasteiger partial charge in [0.15, 0.2) is 0 Å². The molecule has 46 heavy (non-hydrogen) atoms. The average molecular weight is 607 g/mol. The minimum Gasteiger partial charge on any atom is -0.380 e. The Morgan fingerprint density at radius 2 is 1.11 bits per heavy atom. The SMILES string of the molecule is C1=Cc2sc3c(N(c4ccc(-c5ccccc5)cc4)c4ccc(-c5ccc6ccc7ccccc7c6c5)cc4)cccc3c2NC1. The fraction of sp³-hybridized carbons (Fsp3) is 0.0233. The maximum Gasteiger partial charge on any atom is 0.0640 e. The molecular formula is C43H30N2S. The molecule has 0 atom stereocenters. The van der Waals surface area contributed by atoms with Crippen LogP contribution in [0.25, 0.3) is 60.0 Å². The van der Waals surface area contributed by atoms with Crippen LogP contribution in [0.1, 0.15) is 4.88 Å². The number of thiophene rings is 1. The lowest BCUT2D eigenvalue weighted by atomic mass is 9.97. The van der Waals surface area contributed by atoms with Crippen LogP contribution in [0, 0.1) is 0 Å². The number of hydrogen-bond acceptors (Lipinski definition) is 3. The van der Waals surface area contributed by atoms with Crippen molar-refractivity contribution in [3.63, 3.8) is 0 Å². The topological polar surface area (TPSA) is 15.3 Å². The van der Waals surface area contributed by atoms with E-state index >= 15 is 0 Å². The monoisotopic (exact) mass is 606 g/mol. The van der Waals surface area contributed by atoms with E-state index in [-0.39, 0.29) is 0 Å². The molecule has 0 amide bonds. The molecule has 0 fully saturated rings. The van der Waals surface area contributed by atoms with Crippen molar-refractivity contribution in [1.29, 1.82) is 0 Å². The molecule has 0 saturated heterocycles. The highest BCUT2D eigenvalue weighted by molar-refractivity contribution is 7.21. The summed E-state index contributed by atoms with van der Waals surface area (Å²) in [4.78, 5) is 3.69. The smallest absolute Gasteiger partial charge is 0.0640 e. The second-order valence-corrected chi connectivity index (χ2v) is 12.8. The summed E-state index contributed by atoms with van der Waals surface area (Å²) in [5.74, 6) is 0. The van der Waals surface area contributed by atoms with Gasteiger partial charge in [0, 0.05) is 23.3 Å². The number of nitrogens with zero attached hydrogens (tertiary/aromatic N) is 1. The summed E-state index contributed by atoms with van der Waals surface area (Å²) >= 11 is 1.86. The van der Waals surface area contributed by atoms with Crippen LogP contribution >= 0.6 is 11.3 Å². The van der Waals surface area contributed by atoms with E-state index in [1.165, 1.54) is 70.1 Å². The third-order valence-corrected chi connectivity index (χ3v) is 10.3. The van der Waals surface area contributed by atoms with Crippen LogP contribution in [-0.4, -0.2) is 6.54 Å². The largest absolute Gasteiger partial charge is 0.380 e. The van der Waals surface area contributed by atoms with Gasteiger partial charge in [-0.1, -0.05) is 121 Å². The highest BCUT2D eigenvalue weighted by Gasteiger charge is 2.20. The van der Waals surface area contributed by atoms with Gasteiger partial charge in [-0.25, -0.2) is 0 Å². The van der Waals surface area contributed by atoms with E-state index in [0.29, 0.717) is 0 Å². The highest BCUT2D eigenvalue weighted by Crippen LogP contribution is 2.47. The first kappa shape index (κ1) is 26.7. The minimum absolute atomic E-state index is 0.861. The van der Waals surface area contributed by atoms with E-state index in [4.69, 9.17) is 0 Å². The van der Waals surface area contributed by atoms with Crippen molar-refractivity contribution in [3.8, 4) is 22.3 Å². The molecule has 0 aliphatic carbocycles. The number of nitrogens with one attached hydrogen (secondary N) is 1. The molecule has 8 aromatic rings. The van der Waals surface area contributed by atoms with Crippen LogP contribution in [0.15, 0.2) is 158 Å². The molecule has 0 unspecified atom stereocenters. The summed E-state index contributed by atoms with van der Waals surface area (Å²) in [6, 6.07) is 55.2. The van der Waals surface area contributed by atoms with Crippen LogP contribution in [0.5, 0.6) is 0 Å². The molecule has 2 heterocycles. The van der Waals surface area contributed by atoms with Crippen molar-refractivity contribution in [2.24, 2.45) is 0 Å². The molecule has 9 rings (SSSR count). The Labute approximate surface area is 272 Å². The Balaban J connectivity index is 1.16. The molecule has 218 valence electrons. The van der Waals surface area contributed by atoms with Crippen molar-refractivity contribution in [3.05, 3.63) is 163 Å². The predicted octanol–water partition coefficient (Wildman–Crippen LogP) is 12.5. The van der Waals surface area contributed by atoms with Crippen molar-refractivity contribution in [2.45, 2.75) is 0 Å². The summed E-state index contributed by atoms with van der Waals surface area (Å²) in [7, 11) is 0. The molecular weight excluding hydrogens is 577 g/mol. The quantitative estimate of drug-likeness (QED) is 0.196. The summed E-state index contributed by atoms with van der Waals surface area (Å²) in [6.07, 6.45) is 4.45. The number of anilines is 4. The standard InChI is InChI=1S/C43H30N2S/c1-2-8-29(9-3-1)30-19-23-35(24-20-30)45(40-13-6-12-38-42-41(46-43(38)40)14-7-27-44-42)36-25-21-31(22-26-36)34-18-17-33-16-15-32-10-4-5-11-37(32)39(33)28-34/h1-26,28,44H,27H2. The molecule has 0 bridgehead atoms. The Bertz CT molecular complexity index is 2400. The van der Waals surface area contributed by atoms with Gasteiger partial charge in [-0.3, -0.25) is 0 Å². The first-order valence-corrected chi connectivity index (χ1v) is 16.6. The number of benzene rings is 7. The maximum atomic E-state index is 3.61. The van der Waals surface area contributed by atoms with Gasteiger partial charge in [0.2, 0.25) is 0 Å². The Hall–Kier alpha value is -5.64. The molecule has 3 heteroatoms. The molecule has 2 nitrogen and oxygen atoms in total. The Morgan fingerprint density at radius 3 is 1.89 bits per heavy atom. The van der Waals surface area contributed by atoms with E-state index in [0.717, 1.165) is 17.9 Å². The van der Waals surface area contributed by atoms with Crippen LogP contribution in [-0.2, 0) is 0 Å². The fourth-order valence-electron chi connectivity index (χ4n) is 6.77. The lowest BCUT2D eigenvalue weighted by Gasteiger charge is -2.26. The molecule has 1 N–H and O–H groups in total. The van der Waals surface area contributed by atoms with Crippen molar-refractivity contribution < 1.29 is 0 Å². The zero-order valence-electron chi connectivity index (χ0n) is 25.2. The third kappa shape index (κ3) is 4.56. The molecule has 7 aromatic carbocycles. The second kappa shape index (κ2) is 11.1. The Morgan fingerprint density at radius 1 is 0.500 bits per heavy atom. The maximum absolute atomic E-state index is 3.61. The van der Waals surface area contributed by atoms with Gasteiger partial charge in [-0.2, -0.15) is 0 Å². The first-order valence-electron chi connectivity index (χ1n) is 15.7. The molecule has 0 radical (unpaired) electrons. The van der Waals surface area contributed by atoms with Gasteiger partial charge in [-0.15, -0.1) is 11.3 Å². The van der Waals surface area contributed by atoms with E-state index in [1.54, 1.807) is 0 Å². The summed E-state index contributed by atoms with van der Waals surface area (Å²) in [5.41, 5.74) is 9.54. The lowest BCUT2D eigenvalue weighted by molar-refractivity contribution is 1.30. The molecule has 0 saturated carbocycles. The number of rotatable bonds is 5. The van der Waals surface area contributed by atoms with Gasteiger partial charge in [0.1, 0.15) is 0 Å². The van der Waals surface area contributed by atoms with Gasteiger partial charge in [-0.05, 0) is 86.3 Å². The zero-order valence-corrected chi connectivity index (χ0v) is 26.0. The summed E-state index contributed by atoms with van der Waals surface area (Å²) in [6.45, 7) is 0.861. The highest BCUT2D eigenvalue weighted by atomic mass is 32.1. The van der Waals surface area contributed by atoms with Gasteiger partial charge in [0.05, 0.1) is 21.0 Å². The summed E-state index contributed by atoms with van der Waals surface area (Å²) < 4.78 is 1.28.